The molecule has 4 fully saturated rings. The van der Waals surface area contributed by atoms with Crippen molar-refractivity contribution in [2.75, 3.05) is 24.5 Å². The molecule has 1 saturated carbocycles. The summed E-state index contributed by atoms with van der Waals surface area (Å²) in [5.41, 5.74) is 5.13. The zero-order valence-corrected chi connectivity index (χ0v) is 28.2. The summed E-state index contributed by atoms with van der Waals surface area (Å²) < 4.78 is 19.4. The van der Waals surface area contributed by atoms with Crippen molar-refractivity contribution in [3.05, 3.63) is 87.7 Å². The van der Waals surface area contributed by atoms with Crippen LogP contribution < -0.4 is 10.2 Å². The van der Waals surface area contributed by atoms with E-state index in [0.717, 1.165) is 41.7 Å². The Kier molecular flexibility index (Phi) is 7.78. The van der Waals surface area contributed by atoms with Gasteiger partial charge in [0.05, 0.1) is 45.6 Å². The summed E-state index contributed by atoms with van der Waals surface area (Å²) >= 11 is 13.0. The highest BCUT2D eigenvalue weighted by Gasteiger charge is 2.49. The smallest absolute Gasteiger partial charge is 0.325 e. The second-order valence-electron chi connectivity index (χ2n) is 13.1. The summed E-state index contributed by atoms with van der Waals surface area (Å²) in [5, 5.41) is 15.4. The first-order valence-electron chi connectivity index (χ1n) is 16.5. The van der Waals surface area contributed by atoms with Crippen LogP contribution in [0, 0.1) is 30.0 Å². The topological polar surface area (TPSA) is 90.1 Å². The number of fused-ring (bicyclic) bond motifs is 4. The Labute approximate surface area is 288 Å². The second-order valence-corrected chi connectivity index (χ2v) is 13.9. The van der Waals surface area contributed by atoms with Crippen LogP contribution in [0.4, 0.5) is 14.9 Å². The standard InChI is InChI=1S/C37H34Cl2FN7O/c1-20-26-17-30(21(2)45-13-6-14-46(37(45)48)24-8-5-12-42-19-24)47(35-23-16-29(35)43-18-23)36(26)27-15-22(7-4-11-41)31(33(40)34(27)44-20)25-9-3-10-28(38)32(25)39/h3,5,8-10,12,15,17,19,21,23,29,35,43H,4,6-7,13-14,16,18H2,1-2H3. The number of benzene rings is 2. The van der Waals surface area contributed by atoms with Crippen LogP contribution in [0.2, 0.25) is 10.0 Å². The molecule has 2 amide bonds. The van der Waals surface area contributed by atoms with E-state index in [2.05, 4.69) is 33.9 Å². The maximum absolute atomic E-state index is 17.0. The van der Waals surface area contributed by atoms with Crippen LogP contribution >= 0.6 is 23.2 Å². The molecule has 9 rings (SSSR count). The van der Waals surface area contributed by atoms with E-state index in [1.807, 2.05) is 30.0 Å². The molecule has 1 aliphatic carbocycles. The minimum atomic E-state index is -0.481. The lowest BCUT2D eigenvalue weighted by molar-refractivity contribution is 0.165. The molecule has 4 aliphatic rings. The quantitative estimate of drug-likeness (QED) is 0.186. The molecule has 8 nitrogen and oxygen atoms in total. The summed E-state index contributed by atoms with van der Waals surface area (Å²) in [6, 6.07) is 15.4. The van der Waals surface area contributed by atoms with Gasteiger partial charge in [-0.3, -0.25) is 9.88 Å². The average molecular weight is 683 g/mol. The van der Waals surface area contributed by atoms with E-state index < -0.39 is 5.82 Å². The minimum absolute atomic E-state index is 0.0548. The molecule has 2 bridgehead atoms. The monoisotopic (exact) mass is 681 g/mol. The molecule has 3 aliphatic heterocycles. The number of aryl methyl sites for hydroxylation is 2. The number of hydrogen-bond donors (Lipinski definition) is 1. The summed E-state index contributed by atoms with van der Waals surface area (Å²) in [6.07, 6.45) is 5.89. The third kappa shape index (κ3) is 4.76. The van der Waals surface area contributed by atoms with Gasteiger partial charge >= 0.3 is 6.03 Å². The molecule has 5 aromatic rings. The molecular weight excluding hydrogens is 648 g/mol. The van der Waals surface area contributed by atoms with Crippen molar-refractivity contribution < 1.29 is 9.18 Å². The predicted octanol–water partition coefficient (Wildman–Crippen LogP) is 8.39. The van der Waals surface area contributed by atoms with Gasteiger partial charge in [-0.2, -0.15) is 5.26 Å². The van der Waals surface area contributed by atoms with Crippen LogP contribution in [-0.2, 0) is 6.42 Å². The van der Waals surface area contributed by atoms with Crippen molar-refractivity contribution in [3.63, 3.8) is 0 Å². The van der Waals surface area contributed by atoms with E-state index >= 15 is 4.39 Å². The summed E-state index contributed by atoms with van der Waals surface area (Å²) in [7, 11) is 0. The fraction of sp³-hybridized carbons (Fsp3) is 0.351. The van der Waals surface area contributed by atoms with Gasteiger partial charge in [-0.05, 0) is 74.9 Å². The zero-order valence-electron chi connectivity index (χ0n) is 26.7. The lowest BCUT2D eigenvalue weighted by Gasteiger charge is -2.42. The molecular formula is C37H34Cl2FN7O. The molecule has 4 unspecified atom stereocenters. The van der Waals surface area contributed by atoms with E-state index in [4.69, 9.17) is 28.2 Å². The first kappa shape index (κ1) is 31.1. The fourth-order valence-corrected chi connectivity index (χ4v) is 8.58. The third-order valence-electron chi connectivity index (χ3n) is 10.5. The highest BCUT2D eigenvalue weighted by molar-refractivity contribution is 6.43. The number of nitrogens with one attached hydrogen (secondary N) is 1. The summed E-state index contributed by atoms with van der Waals surface area (Å²) in [6.45, 7) is 6.18. The van der Waals surface area contributed by atoms with Gasteiger partial charge in [0.25, 0.3) is 0 Å². The highest BCUT2D eigenvalue weighted by atomic mass is 35.5. The number of aromatic nitrogens is 3. The lowest BCUT2D eigenvalue weighted by atomic mass is 9.79. The van der Waals surface area contributed by atoms with Gasteiger partial charge in [0.2, 0.25) is 0 Å². The third-order valence-corrected chi connectivity index (χ3v) is 11.4. The molecule has 4 atom stereocenters. The molecule has 3 saturated heterocycles. The Balaban J connectivity index is 1.35. The molecule has 1 N–H and O–H groups in total. The Morgan fingerprint density at radius 3 is 2.75 bits per heavy atom. The second kappa shape index (κ2) is 12.0. The van der Waals surface area contributed by atoms with Gasteiger partial charge in [-0.25, -0.2) is 14.2 Å². The zero-order chi connectivity index (χ0) is 33.3. The van der Waals surface area contributed by atoms with E-state index in [1.165, 1.54) is 0 Å². The van der Waals surface area contributed by atoms with Crippen molar-refractivity contribution in [1.29, 1.82) is 5.26 Å². The lowest BCUT2D eigenvalue weighted by Crippen LogP contribution is -2.51. The number of nitriles is 1. The number of amides is 2. The normalized spacial score (nSPS) is 21.2. The molecule has 48 heavy (non-hydrogen) atoms. The number of halogens is 3. The molecule has 3 aromatic heterocycles. The summed E-state index contributed by atoms with van der Waals surface area (Å²) in [4.78, 5) is 26.9. The summed E-state index contributed by atoms with van der Waals surface area (Å²) in [5.74, 6) is -0.0542. The number of hydrogen-bond acceptors (Lipinski definition) is 5. The van der Waals surface area contributed by atoms with E-state index in [-0.39, 0.29) is 41.1 Å². The Morgan fingerprint density at radius 1 is 1.17 bits per heavy atom. The number of carbonyl (C=O) groups excluding carboxylic acids is 1. The van der Waals surface area contributed by atoms with Gasteiger partial charge in [0, 0.05) is 71.6 Å². The number of rotatable bonds is 7. The first-order valence-corrected chi connectivity index (χ1v) is 17.2. The van der Waals surface area contributed by atoms with E-state index in [1.54, 1.807) is 35.5 Å². The van der Waals surface area contributed by atoms with Crippen LogP contribution in [0.1, 0.15) is 55.2 Å². The number of urea groups is 1. The Hall–Kier alpha value is -4.23. The number of pyridine rings is 2. The molecule has 244 valence electrons. The van der Waals surface area contributed by atoms with Crippen molar-refractivity contribution in [2.45, 2.75) is 57.7 Å². The van der Waals surface area contributed by atoms with Gasteiger partial charge in [-0.15, -0.1) is 0 Å². The molecule has 6 heterocycles. The minimum Gasteiger partial charge on any atom is -0.337 e. The Morgan fingerprint density at radius 2 is 2.02 bits per heavy atom. The van der Waals surface area contributed by atoms with Crippen molar-refractivity contribution in [1.82, 2.24) is 24.8 Å². The van der Waals surface area contributed by atoms with Gasteiger partial charge in [0.15, 0.2) is 5.82 Å². The van der Waals surface area contributed by atoms with Crippen LogP contribution in [-0.4, -0.2) is 51.1 Å². The fourth-order valence-electron chi connectivity index (χ4n) is 8.18. The number of anilines is 1. The van der Waals surface area contributed by atoms with Crippen LogP contribution in [0.5, 0.6) is 0 Å². The Bertz CT molecular complexity index is 2130. The molecule has 0 radical (unpaired) electrons. The number of nitrogens with zero attached hydrogens (tertiary/aromatic N) is 6. The van der Waals surface area contributed by atoms with Crippen molar-refractivity contribution >= 4 is 56.7 Å². The highest BCUT2D eigenvalue weighted by Crippen LogP contribution is 2.50. The van der Waals surface area contributed by atoms with E-state index in [0.29, 0.717) is 58.2 Å². The first-order chi connectivity index (χ1) is 23.3. The molecule has 2 aromatic carbocycles. The van der Waals surface area contributed by atoms with Crippen molar-refractivity contribution in [3.8, 4) is 17.2 Å². The molecule has 11 heteroatoms. The number of carbonyl (C=O) groups is 1. The van der Waals surface area contributed by atoms with Crippen molar-refractivity contribution in [2.24, 2.45) is 5.92 Å². The maximum Gasteiger partial charge on any atom is 0.325 e. The van der Waals surface area contributed by atoms with Crippen LogP contribution in [0.15, 0.2) is 54.9 Å². The van der Waals surface area contributed by atoms with Gasteiger partial charge < -0.3 is 14.8 Å². The van der Waals surface area contributed by atoms with Gasteiger partial charge in [0.1, 0.15) is 5.52 Å². The SMILES string of the molecule is Cc1nc2c(F)c(-c3cccc(Cl)c3Cl)c(CCC#N)cc2c2c1cc(C(C)N1CCCN(c3cccnc3)C1=O)n2C1C2CNC1C2. The van der Waals surface area contributed by atoms with E-state index in [9.17, 15) is 10.1 Å². The van der Waals surface area contributed by atoms with Crippen LogP contribution in [0.25, 0.3) is 32.9 Å². The van der Waals surface area contributed by atoms with Gasteiger partial charge in [-0.1, -0.05) is 35.3 Å². The predicted molar refractivity (Wildman–Crippen MR) is 187 cm³/mol. The van der Waals surface area contributed by atoms with Crippen LogP contribution in [0.3, 0.4) is 0 Å². The largest absolute Gasteiger partial charge is 0.337 e. The maximum atomic E-state index is 17.0. The average Bonchev–Trinajstić information content (AvgIpc) is 3.83. The molecule has 0 spiro atoms.